The molecule has 0 heterocycles. The Morgan fingerprint density at radius 2 is 1.89 bits per heavy atom. The standard InChI is InChI=1S/C19H21N3O5/c1-3-12(2)13-4-6-14(7-5-13)21-18(23)11-27-19(24)16-10-15(22(25)26)8-9-17(16)20/h4-10,12H,3,11,20H2,1-2H3,(H,21,23)/t12-/m0/s1. The number of ether oxygens (including phenoxy) is 1. The van der Waals surface area contributed by atoms with Crippen molar-refractivity contribution in [2.45, 2.75) is 26.2 Å². The van der Waals surface area contributed by atoms with E-state index < -0.39 is 23.4 Å². The molecule has 2 aromatic rings. The van der Waals surface area contributed by atoms with E-state index in [-0.39, 0.29) is 16.9 Å². The number of nitrogen functional groups attached to an aromatic ring is 1. The summed E-state index contributed by atoms with van der Waals surface area (Å²) < 4.78 is 4.90. The van der Waals surface area contributed by atoms with Gasteiger partial charge >= 0.3 is 5.97 Å². The number of nitrogens with zero attached hydrogens (tertiary/aromatic N) is 1. The zero-order valence-corrected chi connectivity index (χ0v) is 15.1. The number of carbonyl (C=O) groups is 2. The maximum atomic E-state index is 12.0. The molecular weight excluding hydrogens is 350 g/mol. The third-order valence-electron chi connectivity index (χ3n) is 4.18. The SMILES string of the molecule is CC[C@H](C)c1ccc(NC(=O)COC(=O)c2cc([N+](=O)[O-])ccc2N)cc1. The first kappa shape index (κ1) is 19.9. The smallest absolute Gasteiger partial charge is 0.341 e. The number of nitro groups is 1. The number of hydrogen-bond donors (Lipinski definition) is 2. The molecule has 27 heavy (non-hydrogen) atoms. The van der Waals surface area contributed by atoms with Crippen LogP contribution >= 0.6 is 0 Å². The number of benzene rings is 2. The van der Waals surface area contributed by atoms with E-state index in [1.54, 1.807) is 12.1 Å². The molecule has 0 aromatic heterocycles. The Balaban J connectivity index is 1.94. The highest BCUT2D eigenvalue weighted by Gasteiger charge is 2.17. The fourth-order valence-electron chi connectivity index (χ4n) is 2.37. The summed E-state index contributed by atoms with van der Waals surface area (Å²) in [6.07, 6.45) is 1.02. The highest BCUT2D eigenvalue weighted by Crippen LogP contribution is 2.21. The lowest BCUT2D eigenvalue weighted by Gasteiger charge is -2.11. The Morgan fingerprint density at radius 3 is 2.48 bits per heavy atom. The van der Waals surface area contributed by atoms with Crippen molar-refractivity contribution in [3.05, 3.63) is 63.7 Å². The zero-order valence-electron chi connectivity index (χ0n) is 15.1. The van der Waals surface area contributed by atoms with Gasteiger partial charge in [0.15, 0.2) is 6.61 Å². The summed E-state index contributed by atoms with van der Waals surface area (Å²) in [5, 5.41) is 13.4. The lowest BCUT2D eigenvalue weighted by molar-refractivity contribution is -0.384. The Kier molecular flexibility index (Phi) is 6.48. The number of nitro benzene ring substituents is 1. The number of nitrogens with two attached hydrogens (primary N) is 1. The second-order valence-corrected chi connectivity index (χ2v) is 6.08. The van der Waals surface area contributed by atoms with Crippen molar-refractivity contribution in [1.29, 1.82) is 0 Å². The van der Waals surface area contributed by atoms with Gasteiger partial charge in [0.2, 0.25) is 0 Å². The molecule has 1 atom stereocenters. The molecule has 0 aliphatic carbocycles. The van der Waals surface area contributed by atoms with Crippen LogP contribution in [0.3, 0.4) is 0 Å². The largest absolute Gasteiger partial charge is 0.452 e. The van der Waals surface area contributed by atoms with Crippen molar-refractivity contribution in [2.75, 3.05) is 17.7 Å². The molecule has 8 nitrogen and oxygen atoms in total. The second kappa shape index (κ2) is 8.79. The van der Waals surface area contributed by atoms with E-state index in [4.69, 9.17) is 10.5 Å². The maximum absolute atomic E-state index is 12.0. The van der Waals surface area contributed by atoms with Crippen molar-refractivity contribution in [3.63, 3.8) is 0 Å². The predicted octanol–water partition coefficient (Wildman–Crippen LogP) is 3.49. The molecule has 0 aliphatic heterocycles. The van der Waals surface area contributed by atoms with Crippen molar-refractivity contribution < 1.29 is 19.2 Å². The minimum Gasteiger partial charge on any atom is -0.452 e. The number of esters is 1. The number of non-ortho nitro benzene ring substituents is 1. The molecule has 0 bridgehead atoms. The number of hydrogen-bond acceptors (Lipinski definition) is 6. The minimum atomic E-state index is -0.904. The van der Waals surface area contributed by atoms with Crippen molar-refractivity contribution in [1.82, 2.24) is 0 Å². The zero-order chi connectivity index (χ0) is 20.0. The van der Waals surface area contributed by atoms with Crippen LogP contribution in [-0.2, 0) is 9.53 Å². The molecule has 0 radical (unpaired) electrons. The van der Waals surface area contributed by atoms with Gasteiger partial charge in [-0.1, -0.05) is 26.0 Å². The predicted molar refractivity (Wildman–Crippen MR) is 102 cm³/mol. The highest BCUT2D eigenvalue weighted by molar-refractivity contribution is 5.98. The molecule has 0 saturated carbocycles. The van der Waals surface area contributed by atoms with Gasteiger partial charge in [-0.2, -0.15) is 0 Å². The van der Waals surface area contributed by atoms with E-state index in [1.165, 1.54) is 17.7 Å². The molecular formula is C19H21N3O5. The highest BCUT2D eigenvalue weighted by atomic mass is 16.6. The Hall–Kier alpha value is -3.42. The van der Waals surface area contributed by atoms with Crippen LogP contribution in [-0.4, -0.2) is 23.4 Å². The van der Waals surface area contributed by atoms with Crippen LogP contribution in [0.1, 0.15) is 42.1 Å². The normalized spacial score (nSPS) is 11.5. The lowest BCUT2D eigenvalue weighted by Crippen LogP contribution is -2.21. The van der Waals surface area contributed by atoms with Crippen molar-refractivity contribution >= 4 is 28.9 Å². The molecule has 0 spiro atoms. The van der Waals surface area contributed by atoms with E-state index in [0.717, 1.165) is 12.5 Å². The maximum Gasteiger partial charge on any atom is 0.341 e. The third-order valence-corrected chi connectivity index (χ3v) is 4.18. The van der Waals surface area contributed by atoms with E-state index in [0.29, 0.717) is 11.6 Å². The quantitative estimate of drug-likeness (QED) is 0.332. The summed E-state index contributed by atoms with van der Waals surface area (Å²) >= 11 is 0. The minimum absolute atomic E-state index is 0.0339. The number of rotatable bonds is 7. The first-order chi connectivity index (χ1) is 12.8. The molecule has 2 aromatic carbocycles. The monoisotopic (exact) mass is 371 g/mol. The Morgan fingerprint density at radius 1 is 1.22 bits per heavy atom. The summed E-state index contributed by atoms with van der Waals surface area (Å²) in [6.45, 7) is 3.68. The van der Waals surface area contributed by atoms with Crippen molar-refractivity contribution in [2.24, 2.45) is 0 Å². The van der Waals surface area contributed by atoms with Crippen LogP contribution in [0.2, 0.25) is 0 Å². The number of anilines is 2. The Labute approximate surface area is 156 Å². The van der Waals surface area contributed by atoms with Crippen LogP contribution in [0, 0.1) is 10.1 Å². The molecule has 1 amide bonds. The fourth-order valence-corrected chi connectivity index (χ4v) is 2.37. The first-order valence-electron chi connectivity index (χ1n) is 8.42. The van der Waals surface area contributed by atoms with E-state index in [2.05, 4.69) is 19.2 Å². The molecule has 0 unspecified atom stereocenters. The first-order valence-corrected chi connectivity index (χ1v) is 8.42. The summed E-state index contributed by atoms with van der Waals surface area (Å²) in [7, 11) is 0. The third kappa shape index (κ3) is 5.27. The average molecular weight is 371 g/mol. The summed E-state index contributed by atoms with van der Waals surface area (Å²) in [5.41, 5.74) is 6.98. The van der Waals surface area contributed by atoms with E-state index in [9.17, 15) is 19.7 Å². The molecule has 8 heteroatoms. The van der Waals surface area contributed by atoms with Gasteiger partial charge < -0.3 is 15.8 Å². The van der Waals surface area contributed by atoms with Gasteiger partial charge in [-0.05, 0) is 36.1 Å². The number of carbonyl (C=O) groups excluding carboxylic acids is 2. The van der Waals surface area contributed by atoms with Gasteiger partial charge in [-0.15, -0.1) is 0 Å². The summed E-state index contributed by atoms with van der Waals surface area (Å²) in [6, 6.07) is 10.9. The molecule has 142 valence electrons. The summed E-state index contributed by atoms with van der Waals surface area (Å²) in [5.74, 6) is -1.00. The van der Waals surface area contributed by atoms with Crippen LogP contribution in [0.5, 0.6) is 0 Å². The van der Waals surface area contributed by atoms with Crippen LogP contribution in [0.15, 0.2) is 42.5 Å². The van der Waals surface area contributed by atoms with Gasteiger partial charge in [0.25, 0.3) is 11.6 Å². The molecule has 0 aliphatic rings. The van der Waals surface area contributed by atoms with Gasteiger partial charge in [0, 0.05) is 23.5 Å². The number of nitrogens with one attached hydrogen (secondary N) is 1. The van der Waals surface area contributed by atoms with Crippen LogP contribution in [0.25, 0.3) is 0 Å². The molecule has 0 saturated heterocycles. The summed E-state index contributed by atoms with van der Waals surface area (Å²) in [4.78, 5) is 34.1. The topological polar surface area (TPSA) is 125 Å². The van der Waals surface area contributed by atoms with Gasteiger partial charge in [-0.25, -0.2) is 4.79 Å². The lowest BCUT2D eigenvalue weighted by atomic mass is 9.99. The molecule has 3 N–H and O–H groups in total. The fraction of sp³-hybridized carbons (Fsp3) is 0.263. The van der Waals surface area contributed by atoms with Gasteiger partial charge in [0.05, 0.1) is 10.5 Å². The van der Waals surface area contributed by atoms with Crippen LogP contribution in [0.4, 0.5) is 17.1 Å². The Bertz CT molecular complexity index is 849. The number of amides is 1. The molecule has 0 fully saturated rings. The van der Waals surface area contributed by atoms with Crippen molar-refractivity contribution in [3.8, 4) is 0 Å². The van der Waals surface area contributed by atoms with Gasteiger partial charge in [0.1, 0.15) is 0 Å². The molecule has 2 rings (SSSR count). The average Bonchev–Trinajstić information content (AvgIpc) is 2.66. The second-order valence-electron chi connectivity index (χ2n) is 6.08. The van der Waals surface area contributed by atoms with Crippen LogP contribution < -0.4 is 11.1 Å². The van der Waals surface area contributed by atoms with E-state index >= 15 is 0 Å². The van der Waals surface area contributed by atoms with Gasteiger partial charge in [-0.3, -0.25) is 14.9 Å². The van der Waals surface area contributed by atoms with E-state index in [1.807, 2.05) is 12.1 Å².